The second-order valence-corrected chi connectivity index (χ2v) is 4.28. The Kier molecular flexibility index (Phi) is 3.77. The van der Waals surface area contributed by atoms with E-state index in [4.69, 9.17) is 0 Å². The lowest BCUT2D eigenvalue weighted by atomic mass is 9.97. The minimum absolute atomic E-state index is 0.499. The first-order chi connectivity index (χ1) is 5.72. The molecule has 1 aliphatic carbocycles. The van der Waals surface area contributed by atoms with E-state index in [2.05, 4.69) is 13.8 Å². The summed E-state index contributed by atoms with van der Waals surface area (Å²) >= 11 is 0. The smallest absolute Gasteiger partial charge is 0.133 e. The zero-order valence-corrected chi connectivity index (χ0v) is 8.31. The van der Waals surface area contributed by atoms with Crippen molar-refractivity contribution in [2.45, 2.75) is 52.4 Å². The van der Waals surface area contributed by atoms with E-state index in [1.54, 1.807) is 0 Å². The van der Waals surface area contributed by atoms with E-state index in [1.165, 1.54) is 25.7 Å². The van der Waals surface area contributed by atoms with E-state index in [1.807, 2.05) is 0 Å². The van der Waals surface area contributed by atoms with Crippen molar-refractivity contribution in [1.29, 1.82) is 0 Å². The quantitative estimate of drug-likeness (QED) is 0.595. The molecule has 1 heteroatoms. The molecule has 0 amide bonds. The van der Waals surface area contributed by atoms with E-state index >= 15 is 0 Å². The van der Waals surface area contributed by atoms with Crippen LogP contribution in [0.25, 0.3) is 0 Å². The van der Waals surface area contributed by atoms with Gasteiger partial charge in [-0.15, -0.1) is 0 Å². The highest BCUT2D eigenvalue weighted by Crippen LogP contribution is 2.33. The molecule has 0 N–H and O–H groups in total. The van der Waals surface area contributed by atoms with E-state index in [0.29, 0.717) is 11.7 Å². The summed E-state index contributed by atoms with van der Waals surface area (Å²) in [5.41, 5.74) is 0. The zero-order chi connectivity index (χ0) is 8.97. The van der Waals surface area contributed by atoms with E-state index < -0.39 is 0 Å². The first-order valence-electron chi connectivity index (χ1n) is 5.24. The van der Waals surface area contributed by atoms with Gasteiger partial charge in [0.1, 0.15) is 5.78 Å². The van der Waals surface area contributed by atoms with Crippen LogP contribution in [0.5, 0.6) is 0 Å². The summed E-state index contributed by atoms with van der Waals surface area (Å²) in [7, 11) is 0. The number of Topliss-reactive ketones (excluding diaryl/α,β-unsaturated/α-hetero) is 1. The normalized spacial score (nSPS) is 19.2. The fourth-order valence-corrected chi connectivity index (χ4v) is 1.71. The van der Waals surface area contributed by atoms with Gasteiger partial charge in [0, 0.05) is 12.8 Å². The van der Waals surface area contributed by atoms with Gasteiger partial charge in [-0.2, -0.15) is 0 Å². The van der Waals surface area contributed by atoms with Crippen molar-refractivity contribution in [3.63, 3.8) is 0 Å². The predicted molar refractivity (Wildman–Crippen MR) is 51.0 cm³/mol. The van der Waals surface area contributed by atoms with Gasteiger partial charge in [-0.1, -0.05) is 26.7 Å². The van der Waals surface area contributed by atoms with Crippen molar-refractivity contribution in [2.75, 3.05) is 0 Å². The molecule has 12 heavy (non-hydrogen) atoms. The molecule has 0 saturated heterocycles. The van der Waals surface area contributed by atoms with Gasteiger partial charge in [0.25, 0.3) is 0 Å². The summed E-state index contributed by atoms with van der Waals surface area (Å²) in [6, 6.07) is 0. The number of hydrogen-bond donors (Lipinski definition) is 0. The van der Waals surface area contributed by atoms with Crippen molar-refractivity contribution in [3.8, 4) is 0 Å². The maximum Gasteiger partial charge on any atom is 0.133 e. The third-order valence-corrected chi connectivity index (χ3v) is 2.57. The SMILES string of the molecule is CCCC(C)CC(=O)CC1CC1. The fraction of sp³-hybridized carbons (Fsp3) is 0.909. The molecule has 1 atom stereocenters. The Hall–Kier alpha value is -0.330. The zero-order valence-electron chi connectivity index (χ0n) is 8.31. The molecule has 1 saturated carbocycles. The van der Waals surface area contributed by atoms with Crippen molar-refractivity contribution >= 4 is 5.78 Å². The molecule has 1 aliphatic rings. The second-order valence-electron chi connectivity index (χ2n) is 4.28. The molecule has 0 bridgehead atoms. The van der Waals surface area contributed by atoms with Gasteiger partial charge in [0.15, 0.2) is 0 Å². The Labute approximate surface area is 75.5 Å². The van der Waals surface area contributed by atoms with Crippen LogP contribution in [0.3, 0.4) is 0 Å². The standard InChI is InChI=1S/C11H20O/c1-3-4-9(2)7-11(12)8-10-5-6-10/h9-10H,3-8H2,1-2H3. The number of hydrogen-bond acceptors (Lipinski definition) is 1. The third kappa shape index (κ3) is 3.89. The molecule has 1 unspecified atom stereocenters. The Morgan fingerprint density at radius 1 is 1.50 bits per heavy atom. The van der Waals surface area contributed by atoms with Crippen LogP contribution in [0.4, 0.5) is 0 Å². The average molecular weight is 168 g/mol. The fourth-order valence-electron chi connectivity index (χ4n) is 1.71. The van der Waals surface area contributed by atoms with Crippen molar-refractivity contribution in [2.24, 2.45) is 11.8 Å². The van der Waals surface area contributed by atoms with Gasteiger partial charge in [-0.05, 0) is 24.7 Å². The van der Waals surface area contributed by atoms with Gasteiger partial charge < -0.3 is 0 Å². The third-order valence-electron chi connectivity index (χ3n) is 2.57. The van der Waals surface area contributed by atoms with Crippen LogP contribution in [-0.4, -0.2) is 5.78 Å². The first kappa shape index (κ1) is 9.76. The van der Waals surface area contributed by atoms with Crippen LogP contribution in [0.2, 0.25) is 0 Å². The lowest BCUT2D eigenvalue weighted by molar-refractivity contribution is -0.120. The van der Waals surface area contributed by atoms with Crippen LogP contribution in [0, 0.1) is 11.8 Å². The van der Waals surface area contributed by atoms with E-state index in [9.17, 15) is 4.79 Å². The molecule has 0 aliphatic heterocycles. The molecule has 0 aromatic heterocycles. The molecule has 1 nitrogen and oxygen atoms in total. The molecule has 0 heterocycles. The van der Waals surface area contributed by atoms with Gasteiger partial charge >= 0.3 is 0 Å². The van der Waals surface area contributed by atoms with Gasteiger partial charge in [0.2, 0.25) is 0 Å². The summed E-state index contributed by atoms with van der Waals surface area (Å²) in [6.45, 7) is 4.37. The summed E-state index contributed by atoms with van der Waals surface area (Å²) in [5, 5.41) is 0. The van der Waals surface area contributed by atoms with Crippen LogP contribution < -0.4 is 0 Å². The van der Waals surface area contributed by atoms with Crippen molar-refractivity contribution in [1.82, 2.24) is 0 Å². The van der Waals surface area contributed by atoms with E-state index in [0.717, 1.165) is 18.8 Å². The molecular weight excluding hydrogens is 148 g/mol. The number of ketones is 1. The van der Waals surface area contributed by atoms with E-state index in [-0.39, 0.29) is 0 Å². The highest BCUT2D eigenvalue weighted by atomic mass is 16.1. The average Bonchev–Trinajstić information content (AvgIpc) is 2.71. The van der Waals surface area contributed by atoms with Gasteiger partial charge in [-0.25, -0.2) is 0 Å². The summed E-state index contributed by atoms with van der Waals surface area (Å²) in [4.78, 5) is 11.4. The van der Waals surface area contributed by atoms with Crippen LogP contribution in [0.15, 0.2) is 0 Å². The predicted octanol–water partition coefficient (Wildman–Crippen LogP) is 3.18. The minimum Gasteiger partial charge on any atom is -0.300 e. The molecule has 0 radical (unpaired) electrons. The van der Waals surface area contributed by atoms with Crippen molar-refractivity contribution < 1.29 is 4.79 Å². The summed E-state index contributed by atoms with van der Waals surface area (Å²) in [5.74, 6) is 1.88. The first-order valence-corrected chi connectivity index (χ1v) is 5.24. The monoisotopic (exact) mass is 168 g/mol. The molecule has 0 aromatic rings. The van der Waals surface area contributed by atoms with Crippen molar-refractivity contribution in [3.05, 3.63) is 0 Å². The molecule has 1 fully saturated rings. The van der Waals surface area contributed by atoms with Crippen LogP contribution in [-0.2, 0) is 4.79 Å². The Morgan fingerprint density at radius 2 is 2.17 bits per heavy atom. The highest BCUT2D eigenvalue weighted by molar-refractivity contribution is 5.79. The Balaban J connectivity index is 2.06. The number of rotatable bonds is 6. The summed E-state index contributed by atoms with van der Waals surface area (Å²) in [6.07, 6.45) is 6.70. The Bertz CT molecular complexity index is 147. The van der Waals surface area contributed by atoms with Crippen LogP contribution in [0.1, 0.15) is 52.4 Å². The highest BCUT2D eigenvalue weighted by Gasteiger charge is 2.24. The lowest BCUT2D eigenvalue weighted by Gasteiger charge is -2.07. The Morgan fingerprint density at radius 3 is 2.67 bits per heavy atom. The maximum absolute atomic E-state index is 11.4. The molecular formula is C11H20O. The molecule has 1 rings (SSSR count). The molecule has 0 spiro atoms. The van der Waals surface area contributed by atoms with Gasteiger partial charge in [0.05, 0.1) is 0 Å². The lowest BCUT2D eigenvalue weighted by Crippen LogP contribution is -2.05. The number of carbonyl (C=O) groups excluding carboxylic acids is 1. The second kappa shape index (κ2) is 4.64. The largest absolute Gasteiger partial charge is 0.300 e. The van der Waals surface area contributed by atoms with Crippen LogP contribution >= 0.6 is 0 Å². The topological polar surface area (TPSA) is 17.1 Å². The number of carbonyl (C=O) groups is 1. The summed E-state index contributed by atoms with van der Waals surface area (Å²) < 4.78 is 0. The van der Waals surface area contributed by atoms with Gasteiger partial charge in [-0.3, -0.25) is 4.79 Å². The molecule has 70 valence electrons. The minimum atomic E-state index is 0.499. The maximum atomic E-state index is 11.4. The molecule has 0 aromatic carbocycles.